The van der Waals surface area contributed by atoms with Crippen LogP contribution in [-0.2, 0) is 20.2 Å². The van der Waals surface area contributed by atoms with Crippen LogP contribution in [0.1, 0.15) is 21.3 Å². The molecule has 37 heavy (non-hydrogen) atoms. The summed E-state index contributed by atoms with van der Waals surface area (Å²) in [5.41, 5.74) is 0.592. The highest BCUT2D eigenvalue weighted by molar-refractivity contribution is 7.89. The zero-order chi connectivity index (χ0) is 26.0. The van der Waals surface area contributed by atoms with Gasteiger partial charge in [0.15, 0.2) is 11.5 Å². The number of primary sulfonamides is 1. The Balaban J connectivity index is 0.00000176. The minimum atomic E-state index is -3.93. The summed E-state index contributed by atoms with van der Waals surface area (Å²) in [6.45, 7) is 0. The molecule has 6 rings (SSSR count). The Morgan fingerprint density at radius 1 is 0.973 bits per heavy atom. The SMILES string of the molecule is NS(=O)(=O)c1cccc(-c2nc(NC(=O)C3(c4ccc5c(c4)OC(F)(F)O5)CC3)cc3ccccc23)c1.[HH].[HH]. The molecule has 0 bridgehead atoms. The van der Waals surface area contributed by atoms with Crippen LogP contribution in [0.3, 0.4) is 0 Å². The maximum absolute atomic E-state index is 13.5. The molecule has 0 atom stereocenters. The molecule has 0 radical (unpaired) electrons. The number of fused-ring (bicyclic) bond motifs is 2. The number of rotatable bonds is 5. The first-order chi connectivity index (χ1) is 17.5. The van der Waals surface area contributed by atoms with E-state index in [4.69, 9.17) is 5.14 Å². The summed E-state index contributed by atoms with van der Waals surface area (Å²) < 4.78 is 59.7. The zero-order valence-corrected chi connectivity index (χ0v) is 19.9. The number of alkyl halides is 2. The molecule has 1 saturated carbocycles. The van der Waals surface area contributed by atoms with Crippen LogP contribution in [0.2, 0.25) is 0 Å². The summed E-state index contributed by atoms with van der Waals surface area (Å²) in [7, 11) is -3.93. The van der Waals surface area contributed by atoms with Crippen molar-refractivity contribution in [3.8, 4) is 22.8 Å². The fourth-order valence-electron chi connectivity index (χ4n) is 4.56. The molecule has 11 heteroatoms. The number of hydrogen-bond acceptors (Lipinski definition) is 6. The molecule has 1 aromatic heterocycles. The lowest BCUT2D eigenvalue weighted by Crippen LogP contribution is -2.28. The van der Waals surface area contributed by atoms with E-state index in [0.717, 1.165) is 10.8 Å². The summed E-state index contributed by atoms with van der Waals surface area (Å²) in [5, 5.41) is 9.70. The van der Waals surface area contributed by atoms with Gasteiger partial charge in [-0.05, 0) is 54.1 Å². The van der Waals surface area contributed by atoms with Gasteiger partial charge in [-0.1, -0.05) is 42.5 Å². The highest BCUT2D eigenvalue weighted by atomic mass is 32.2. The van der Waals surface area contributed by atoms with Crippen molar-refractivity contribution >= 4 is 32.5 Å². The van der Waals surface area contributed by atoms with Gasteiger partial charge in [0.1, 0.15) is 5.82 Å². The number of benzene rings is 3. The van der Waals surface area contributed by atoms with Crippen molar-refractivity contribution in [2.24, 2.45) is 5.14 Å². The molecule has 8 nitrogen and oxygen atoms in total. The van der Waals surface area contributed by atoms with Crippen LogP contribution in [-0.4, -0.2) is 25.6 Å². The molecular weight excluding hydrogens is 504 g/mol. The first-order valence-corrected chi connectivity index (χ1v) is 12.8. The summed E-state index contributed by atoms with van der Waals surface area (Å²) in [6, 6.07) is 19.5. The lowest BCUT2D eigenvalue weighted by molar-refractivity contribution is -0.286. The van der Waals surface area contributed by atoms with Crippen molar-refractivity contribution < 1.29 is 34.3 Å². The van der Waals surface area contributed by atoms with Gasteiger partial charge in [-0.3, -0.25) is 4.79 Å². The molecule has 3 N–H and O–H groups in total. The van der Waals surface area contributed by atoms with E-state index < -0.39 is 21.7 Å². The monoisotopic (exact) mass is 527 g/mol. The maximum atomic E-state index is 13.5. The van der Waals surface area contributed by atoms with Gasteiger partial charge in [0.2, 0.25) is 15.9 Å². The Kier molecular flexibility index (Phi) is 5.01. The van der Waals surface area contributed by atoms with Crippen molar-refractivity contribution in [2.45, 2.75) is 29.4 Å². The molecule has 0 saturated heterocycles. The van der Waals surface area contributed by atoms with Crippen LogP contribution >= 0.6 is 0 Å². The number of carbonyl (C=O) groups is 1. The standard InChI is InChI=1S/C26H19F2N3O5S.2H2/c27-26(28)35-20-9-8-17(14-21(20)36-26)25(10-11-25)24(32)31-22-13-15-4-1-2-7-19(15)23(30-22)16-5-3-6-18(12-16)37(29,33)34;;/h1-9,12-14H,10-11H2,(H2,29,33,34)(H,30,31,32);2*1H. The minimum Gasteiger partial charge on any atom is -0.395 e. The average Bonchev–Trinajstić information content (AvgIpc) is 3.60. The highest BCUT2D eigenvalue weighted by Crippen LogP contribution is 2.52. The molecule has 1 aliphatic heterocycles. The third-order valence-electron chi connectivity index (χ3n) is 6.56. The van der Waals surface area contributed by atoms with Gasteiger partial charge in [0, 0.05) is 13.8 Å². The molecule has 1 fully saturated rings. The number of anilines is 1. The number of pyridine rings is 1. The Morgan fingerprint density at radius 3 is 2.49 bits per heavy atom. The number of sulfonamides is 1. The van der Waals surface area contributed by atoms with Gasteiger partial charge in [-0.15, -0.1) is 8.78 Å². The first-order valence-electron chi connectivity index (χ1n) is 11.3. The summed E-state index contributed by atoms with van der Waals surface area (Å²) in [4.78, 5) is 18.0. The van der Waals surface area contributed by atoms with Crippen molar-refractivity contribution in [1.29, 1.82) is 0 Å². The summed E-state index contributed by atoms with van der Waals surface area (Å²) in [5.74, 6) is -0.293. The van der Waals surface area contributed by atoms with Gasteiger partial charge in [-0.25, -0.2) is 18.5 Å². The topological polar surface area (TPSA) is 121 Å². The second-order valence-electron chi connectivity index (χ2n) is 9.02. The lowest BCUT2D eigenvalue weighted by Gasteiger charge is -2.17. The van der Waals surface area contributed by atoms with Gasteiger partial charge in [0.25, 0.3) is 0 Å². The number of nitrogens with one attached hydrogen (secondary N) is 1. The molecule has 3 aromatic carbocycles. The highest BCUT2D eigenvalue weighted by Gasteiger charge is 2.53. The average molecular weight is 528 g/mol. The van der Waals surface area contributed by atoms with E-state index in [1.54, 1.807) is 24.3 Å². The Morgan fingerprint density at radius 2 is 1.73 bits per heavy atom. The van der Waals surface area contributed by atoms with Gasteiger partial charge in [-0.2, -0.15) is 0 Å². The molecule has 1 amide bonds. The van der Waals surface area contributed by atoms with Crippen molar-refractivity contribution in [3.63, 3.8) is 0 Å². The van der Waals surface area contributed by atoms with E-state index in [1.165, 1.54) is 24.3 Å². The Bertz CT molecular complexity index is 1720. The number of aromatic nitrogens is 1. The molecule has 192 valence electrons. The van der Waals surface area contributed by atoms with E-state index in [9.17, 15) is 22.0 Å². The van der Waals surface area contributed by atoms with E-state index >= 15 is 0 Å². The Labute approximate surface area is 213 Å². The van der Waals surface area contributed by atoms with Crippen LogP contribution in [0.5, 0.6) is 11.5 Å². The second kappa shape index (κ2) is 7.95. The smallest absolute Gasteiger partial charge is 0.395 e. The largest absolute Gasteiger partial charge is 0.586 e. The van der Waals surface area contributed by atoms with Crippen LogP contribution in [0.15, 0.2) is 77.7 Å². The quantitative estimate of drug-likeness (QED) is 0.376. The predicted molar refractivity (Wildman–Crippen MR) is 135 cm³/mol. The predicted octanol–water partition coefficient (Wildman–Crippen LogP) is 5.03. The lowest BCUT2D eigenvalue weighted by atomic mass is 9.94. The number of hydrogen-bond donors (Lipinski definition) is 2. The second-order valence-corrected chi connectivity index (χ2v) is 10.6. The summed E-state index contributed by atoms with van der Waals surface area (Å²) >= 11 is 0. The minimum absolute atomic E-state index is 0. The molecule has 0 spiro atoms. The van der Waals surface area contributed by atoms with Crippen molar-refractivity contribution in [2.75, 3.05) is 5.32 Å². The van der Waals surface area contributed by atoms with Crippen LogP contribution in [0, 0.1) is 0 Å². The van der Waals surface area contributed by atoms with Crippen LogP contribution in [0.25, 0.3) is 22.0 Å². The molecule has 2 heterocycles. The maximum Gasteiger partial charge on any atom is 0.586 e. The fourth-order valence-corrected chi connectivity index (χ4v) is 5.12. The normalized spacial score (nSPS) is 16.9. The van der Waals surface area contributed by atoms with E-state index in [-0.39, 0.29) is 31.0 Å². The number of amides is 1. The van der Waals surface area contributed by atoms with Crippen LogP contribution in [0.4, 0.5) is 14.6 Å². The Hall–Kier alpha value is -4.09. The molecule has 1 aliphatic carbocycles. The number of nitrogens with two attached hydrogens (primary N) is 1. The van der Waals surface area contributed by atoms with Crippen molar-refractivity contribution in [3.05, 3.63) is 78.4 Å². The summed E-state index contributed by atoms with van der Waals surface area (Å²) in [6.07, 6.45) is -2.71. The molecule has 4 aromatic rings. The van der Waals surface area contributed by atoms with Gasteiger partial charge in [0.05, 0.1) is 16.0 Å². The molecular formula is C26H23F2N3O5S. The van der Waals surface area contributed by atoms with Gasteiger partial charge < -0.3 is 14.8 Å². The fraction of sp³-hybridized carbons (Fsp3) is 0.154. The number of halogens is 2. The third kappa shape index (κ3) is 4.15. The number of ether oxygens (including phenoxy) is 2. The van der Waals surface area contributed by atoms with E-state index in [0.29, 0.717) is 29.7 Å². The van der Waals surface area contributed by atoms with E-state index in [2.05, 4.69) is 19.8 Å². The molecule has 0 unspecified atom stereocenters. The zero-order valence-electron chi connectivity index (χ0n) is 19.1. The number of nitrogens with zero attached hydrogens (tertiary/aromatic N) is 1. The molecule has 2 aliphatic rings. The van der Waals surface area contributed by atoms with Gasteiger partial charge >= 0.3 is 6.29 Å². The first kappa shape index (κ1) is 23.3. The van der Waals surface area contributed by atoms with E-state index in [1.807, 2.05) is 24.3 Å². The number of carbonyl (C=O) groups excluding carboxylic acids is 1. The van der Waals surface area contributed by atoms with Crippen LogP contribution < -0.4 is 19.9 Å². The van der Waals surface area contributed by atoms with Crippen molar-refractivity contribution in [1.82, 2.24) is 4.98 Å². The third-order valence-corrected chi connectivity index (χ3v) is 7.47.